The molecule has 0 spiro atoms. The normalized spacial score (nSPS) is 15.0. The number of fused-ring (bicyclic) bond motifs is 3. The number of hydrogen-bond acceptors (Lipinski definition) is 4. The first-order valence-corrected chi connectivity index (χ1v) is 15.3. The highest BCUT2D eigenvalue weighted by atomic mass is 16.5. The second kappa shape index (κ2) is 11.3. The lowest BCUT2D eigenvalue weighted by molar-refractivity contribution is 0.175. The molecule has 7 aromatic rings. The van der Waals surface area contributed by atoms with Crippen LogP contribution in [0, 0.1) is 0 Å². The van der Waals surface area contributed by atoms with Gasteiger partial charge in [-0.15, -0.1) is 0 Å². The summed E-state index contributed by atoms with van der Waals surface area (Å²) in [6.45, 7) is 1.91. The minimum atomic E-state index is -0.936. The minimum Gasteiger partial charge on any atom is -0.492 e. The number of benzene rings is 6. The van der Waals surface area contributed by atoms with Gasteiger partial charge in [0.05, 0.1) is 5.50 Å². The first-order valence-electron chi connectivity index (χ1n) is 15.3. The molecule has 0 amide bonds. The topological polar surface area (TPSA) is 47.9 Å². The van der Waals surface area contributed by atoms with Gasteiger partial charge in [0.15, 0.2) is 17.5 Å². The minimum absolute atomic E-state index is 0.617. The van der Waals surface area contributed by atoms with Gasteiger partial charge in [-0.25, -0.2) is 15.0 Å². The van der Waals surface area contributed by atoms with Gasteiger partial charge >= 0.3 is 0 Å². The molecule has 0 saturated carbocycles. The number of aromatic nitrogens is 3. The Morgan fingerprint density at radius 2 is 0.870 bits per heavy atom. The third kappa shape index (κ3) is 5.06. The van der Waals surface area contributed by atoms with E-state index in [0.29, 0.717) is 17.5 Å². The molecule has 1 aliphatic heterocycles. The summed E-state index contributed by atoms with van der Waals surface area (Å²) in [6, 6.07) is 51.4. The summed E-state index contributed by atoms with van der Waals surface area (Å²) in [7, 11) is 6.67. The molecule has 0 aliphatic carbocycles. The van der Waals surface area contributed by atoms with Crippen molar-refractivity contribution >= 4 is 7.85 Å². The van der Waals surface area contributed by atoms with Crippen LogP contribution in [0.2, 0.25) is 0 Å². The van der Waals surface area contributed by atoms with Gasteiger partial charge in [-0.1, -0.05) is 146 Å². The van der Waals surface area contributed by atoms with Gasteiger partial charge in [-0.05, 0) is 46.4 Å². The van der Waals surface area contributed by atoms with Crippen LogP contribution in [0.15, 0.2) is 152 Å². The molecule has 46 heavy (non-hydrogen) atoms. The molecular weight excluding hydrogens is 561 g/mol. The van der Waals surface area contributed by atoms with Crippen LogP contribution in [0.4, 0.5) is 0 Å². The van der Waals surface area contributed by atoms with Gasteiger partial charge in [-0.3, -0.25) is 0 Å². The van der Waals surface area contributed by atoms with Crippen molar-refractivity contribution in [2.24, 2.45) is 0 Å². The second-order valence-corrected chi connectivity index (χ2v) is 11.6. The van der Waals surface area contributed by atoms with Crippen LogP contribution in [0.5, 0.6) is 5.75 Å². The molecule has 1 unspecified atom stereocenters. The van der Waals surface area contributed by atoms with Crippen LogP contribution in [0.1, 0.15) is 12.5 Å². The highest BCUT2D eigenvalue weighted by Crippen LogP contribution is 2.48. The number of para-hydroxylation sites is 1. The highest BCUT2D eigenvalue weighted by Gasteiger charge is 2.33. The predicted molar refractivity (Wildman–Crippen MR) is 186 cm³/mol. The first-order chi connectivity index (χ1) is 22.5. The Morgan fingerprint density at radius 3 is 1.48 bits per heavy atom. The van der Waals surface area contributed by atoms with Crippen molar-refractivity contribution in [3.63, 3.8) is 0 Å². The van der Waals surface area contributed by atoms with E-state index < -0.39 is 5.50 Å². The van der Waals surface area contributed by atoms with Crippen molar-refractivity contribution in [1.29, 1.82) is 0 Å². The van der Waals surface area contributed by atoms with E-state index in [0.717, 1.165) is 55.8 Å². The van der Waals surface area contributed by atoms with Crippen molar-refractivity contribution in [3.8, 4) is 73.3 Å². The van der Waals surface area contributed by atoms with E-state index in [1.165, 1.54) is 5.56 Å². The van der Waals surface area contributed by atoms with Crippen LogP contribution >= 0.6 is 0 Å². The summed E-state index contributed by atoms with van der Waals surface area (Å²) in [5.74, 6) is 2.66. The lowest BCUT2D eigenvalue weighted by Gasteiger charge is -2.36. The number of nitrogens with zero attached hydrogens (tertiary/aromatic N) is 3. The molecule has 1 atom stereocenters. The zero-order valence-electron chi connectivity index (χ0n) is 25.3. The van der Waals surface area contributed by atoms with Gasteiger partial charge in [0.1, 0.15) is 13.6 Å². The standard InChI is InChI=1S/C41H28BN3O/c1-41(42)35-17-10-16-33(37(35)34-15-8-9-18-36(34)46-41)29-21-25-32(26-22-29)40-44-38(30-13-6-3-7-14-30)43-39(45-40)31-23-19-28(20-24-31)27-11-4-2-5-12-27/h2-26H,1H3. The Labute approximate surface area is 269 Å². The lowest BCUT2D eigenvalue weighted by atomic mass is 9.71. The maximum absolute atomic E-state index is 6.67. The van der Waals surface area contributed by atoms with Gasteiger partial charge in [0, 0.05) is 22.3 Å². The van der Waals surface area contributed by atoms with Crippen molar-refractivity contribution in [3.05, 3.63) is 157 Å². The molecule has 8 rings (SSSR count). The van der Waals surface area contributed by atoms with Crippen molar-refractivity contribution in [1.82, 2.24) is 15.0 Å². The van der Waals surface area contributed by atoms with E-state index in [9.17, 15) is 0 Å². The number of hydrogen-bond donors (Lipinski definition) is 0. The third-order valence-corrected chi connectivity index (χ3v) is 8.45. The Balaban J connectivity index is 1.20. The second-order valence-electron chi connectivity index (χ2n) is 11.6. The third-order valence-electron chi connectivity index (χ3n) is 8.45. The van der Waals surface area contributed by atoms with E-state index in [-0.39, 0.29) is 0 Å². The molecule has 1 aliphatic rings. The summed E-state index contributed by atoms with van der Waals surface area (Å²) >= 11 is 0. The molecule has 2 radical (unpaired) electrons. The molecular formula is C41H28BN3O. The fraction of sp³-hybridized carbons (Fsp3) is 0.0488. The van der Waals surface area contributed by atoms with E-state index in [2.05, 4.69) is 72.8 Å². The average molecular weight is 590 g/mol. The zero-order valence-corrected chi connectivity index (χ0v) is 25.3. The summed E-state index contributed by atoms with van der Waals surface area (Å²) in [6.07, 6.45) is 0. The first kappa shape index (κ1) is 27.7. The van der Waals surface area contributed by atoms with Crippen LogP contribution in [-0.2, 0) is 5.50 Å². The van der Waals surface area contributed by atoms with Gasteiger partial charge in [0.25, 0.3) is 0 Å². The van der Waals surface area contributed by atoms with E-state index in [1.807, 2.05) is 85.8 Å². The summed E-state index contributed by atoms with van der Waals surface area (Å²) in [5, 5.41) is 0. The van der Waals surface area contributed by atoms with Crippen molar-refractivity contribution in [2.75, 3.05) is 0 Å². The van der Waals surface area contributed by atoms with E-state index in [1.54, 1.807) is 0 Å². The van der Waals surface area contributed by atoms with Gasteiger partial charge in [-0.2, -0.15) is 0 Å². The molecule has 216 valence electrons. The SMILES string of the molecule is [B]C1(C)Oc2ccccc2-c2c(-c3ccc(-c4nc(-c5ccccc5)nc(-c5ccc(-c6ccccc6)cc5)n4)cc3)cccc21. The Morgan fingerprint density at radius 1 is 0.435 bits per heavy atom. The fourth-order valence-electron chi connectivity index (χ4n) is 6.13. The Bertz CT molecular complexity index is 2180. The Kier molecular flexibility index (Phi) is 6.80. The van der Waals surface area contributed by atoms with Crippen LogP contribution in [-0.4, -0.2) is 22.8 Å². The van der Waals surface area contributed by atoms with Crippen LogP contribution in [0.3, 0.4) is 0 Å². The average Bonchev–Trinajstić information content (AvgIpc) is 3.12. The fourth-order valence-corrected chi connectivity index (χ4v) is 6.13. The Hall–Kier alpha value is -5.81. The quantitative estimate of drug-likeness (QED) is 0.188. The maximum Gasteiger partial charge on any atom is 0.164 e. The van der Waals surface area contributed by atoms with Gasteiger partial charge in [0.2, 0.25) is 0 Å². The van der Waals surface area contributed by atoms with Crippen LogP contribution in [0.25, 0.3) is 67.5 Å². The summed E-state index contributed by atoms with van der Waals surface area (Å²) in [5.41, 5.74) is 9.40. The molecule has 5 heteroatoms. The molecule has 0 fully saturated rings. The molecule has 4 nitrogen and oxygen atoms in total. The maximum atomic E-state index is 6.67. The summed E-state index contributed by atoms with van der Waals surface area (Å²) < 4.78 is 6.19. The number of ether oxygens (including phenoxy) is 1. The monoisotopic (exact) mass is 589 g/mol. The molecule has 6 aromatic carbocycles. The predicted octanol–water partition coefficient (Wildman–Crippen LogP) is 9.61. The summed E-state index contributed by atoms with van der Waals surface area (Å²) in [4.78, 5) is 14.8. The van der Waals surface area contributed by atoms with Crippen LogP contribution < -0.4 is 4.74 Å². The van der Waals surface area contributed by atoms with Crippen molar-refractivity contribution in [2.45, 2.75) is 12.4 Å². The number of rotatable bonds is 5. The molecule has 0 saturated heterocycles. The molecule has 0 N–H and O–H groups in total. The lowest BCUT2D eigenvalue weighted by Crippen LogP contribution is -2.33. The highest BCUT2D eigenvalue weighted by molar-refractivity contribution is 6.16. The molecule has 2 heterocycles. The smallest absolute Gasteiger partial charge is 0.164 e. The zero-order chi connectivity index (χ0) is 31.1. The van der Waals surface area contributed by atoms with Gasteiger partial charge < -0.3 is 4.74 Å². The molecule has 0 bridgehead atoms. The van der Waals surface area contributed by atoms with E-state index >= 15 is 0 Å². The largest absolute Gasteiger partial charge is 0.492 e. The van der Waals surface area contributed by atoms with Crippen molar-refractivity contribution < 1.29 is 4.74 Å². The molecule has 1 aromatic heterocycles. The van der Waals surface area contributed by atoms with E-state index in [4.69, 9.17) is 27.5 Å².